The lowest BCUT2D eigenvalue weighted by Gasteiger charge is -2.47. The van der Waals surface area contributed by atoms with E-state index in [1.165, 1.54) is 57.4 Å². The van der Waals surface area contributed by atoms with Gasteiger partial charge in [-0.15, -0.1) is 0 Å². The summed E-state index contributed by atoms with van der Waals surface area (Å²) >= 11 is 0. The Bertz CT molecular complexity index is 1160. The predicted molar refractivity (Wildman–Crippen MR) is 138 cm³/mol. The van der Waals surface area contributed by atoms with Gasteiger partial charge >= 0.3 is 5.97 Å². The maximum Gasteiger partial charge on any atom is 0.349 e. The number of rotatable bonds is 9. The number of benzene rings is 2. The minimum absolute atomic E-state index is 0.0363. The zero-order chi connectivity index (χ0) is 28.0. The van der Waals surface area contributed by atoms with Gasteiger partial charge in [0.2, 0.25) is 0 Å². The van der Waals surface area contributed by atoms with Crippen LogP contribution >= 0.6 is 0 Å². The summed E-state index contributed by atoms with van der Waals surface area (Å²) in [7, 11) is 0. The van der Waals surface area contributed by atoms with Crippen LogP contribution in [0.2, 0.25) is 0 Å². The van der Waals surface area contributed by atoms with Gasteiger partial charge in [0.25, 0.3) is 0 Å². The van der Waals surface area contributed by atoms with Crippen molar-refractivity contribution in [1.82, 2.24) is 0 Å². The van der Waals surface area contributed by atoms with Crippen molar-refractivity contribution in [2.75, 3.05) is 6.61 Å². The number of halogens is 4. The summed E-state index contributed by atoms with van der Waals surface area (Å²) in [6.07, 6.45) is 14.8. The van der Waals surface area contributed by atoms with E-state index in [1.807, 2.05) is 0 Å². The van der Waals surface area contributed by atoms with Crippen LogP contribution in [0.15, 0.2) is 24.3 Å². The third-order valence-electron chi connectivity index (χ3n) is 8.63. The number of hydrogen-bond acceptors (Lipinski definition) is 4. The molecule has 39 heavy (non-hydrogen) atoms. The Labute approximate surface area is 227 Å². The lowest BCUT2D eigenvalue weighted by molar-refractivity contribution is 0.0373. The second-order valence-corrected chi connectivity index (χ2v) is 11.1. The van der Waals surface area contributed by atoms with Crippen molar-refractivity contribution in [2.24, 2.45) is 17.3 Å². The lowest BCUT2D eigenvalue weighted by atomic mass is 9.59. The number of carbonyl (C=O) groups excluding carboxylic acids is 1. The highest BCUT2D eigenvalue weighted by atomic mass is 19.1. The van der Waals surface area contributed by atoms with E-state index in [4.69, 9.17) is 14.7 Å². The van der Waals surface area contributed by atoms with Crippen LogP contribution in [0.5, 0.6) is 11.5 Å². The molecule has 0 saturated heterocycles. The highest BCUT2D eigenvalue weighted by molar-refractivity contribution is 5.91. The first kappa shape index (κ1) is 28.9. The molecule has 2 fully saturated rings. The Hall–Kier alpha value is -3.08. The molecule has 0 atom stereocenters. The summed E-state index contributed by atoms with van der Waals surface area (Å²) in [6.45, 7) is 2.59. The van der Waals surface area contributed by atoms with Crippen LogP contribution in [0.1, 0.15) is 99.9 Å². The first-order chi connectivity index (χ1) is 18.8. The Balaban J connectivity index is 1.34. The fraction of sp³-hybridized carbons (Fsp3) is 0.548. The molecule has 210 valence electrons. The fourth-order valence-electron chi connectivity index (χ4n) is 6.50. The number of esters is 1. The maximum absolute atomic E-state index is 14.7. The molecule has 0 heterocycles. The van der Waals surface area contributed by atoms with E-state index >= 15 is 0 Å². The number of hydrogen-bond donors (Lipinski definition) is 0. The summed E-state index contributed by atoms with van der Waals surface area (Å²) in [6, 6.07) is 4.35. The van der Waals surface area contributed by atoms with Crippen LogP contribution in [-0.2, 0) is 0 Å². The van der Waals surface area contributed by atoms with E-state index in [9.17, 15) is 22.4 Å². The lowest BCUT2D eigenvalue weighted by Crippen LogP contribution is -2.36. The number of ether oxygens (including phenoxy) is 2. The second-order valence-electron chi connectivity index (χ2n) is 11.1. The van der Waals surface area contributed by atoms with Crippen molar-refractivity contribution in [3.63, 3.8) is 0 Å². The quantitative estimate of drug-likeness (QED) is 0.180. The van der Waals surface area contributed by atoms with Gasteiger partial charge in [-0.05, 0) is 62.2 Å². The zero-order valence-corrected chi connectivity index (χ0v) is 22.3. The van der Waals surface area contributed by atoms with Gasteiger partial charge in [0, 0.05) is 24.3 Å². The van der Waals surface area contributed by atoms with Crippen molar-refractivity contribution in [2.45, 2.75) is 84.0 Å². The summed E-state index contributed by atoms with van der Waals surface area (Å²) in [5.41, 5.74) is -1.38. The monoisotopic (exact) mass is 545 g/mol. The van der Waals surface area contributed by atoms with Gasteiger partial charge in [-0.2, -0.15) is 5.26 Å². The van der Waals surface area contributed by atoms with Gasteiger partial charge in [0.1, 0.15) is 52.0 Å². The van der Waals surface area contributed by atoms with Crippen molar-refractivity contribution < 1.29 is 31.8 Å². The smallest absolute Gasteiger partial charge is 0.349 e. The maximum atomic E-state index is 14.7. The molecule has 2 aromatic carbocycles. The van der Waals surface area contributed by atoms with Gasteiger partial charge in [-0.3, -0.25) is 0 Å². The van der Waals surface area contributed by atoms with Crippen LogP contribution in [0.4, 0.5) is 17.6 Å². The average Bonchev–Trinajstić information content (AvgIpc) is 2.91. The van der Waals surface area contributed by atoms with Gasteiger partial charge in [0.05, 0.1) is 6.61 Å². The molecule has 0 bridgehead atoms. The van der Waals surface area contributed by atoms with E-state index in [2.05, 4.69) is 6.92 Å². The van der Waals surface area contributed by atoms with Crippen LogP contribution in [0.25, 0.3) is 0 Å². The number of unbranched alkanes of at least 4 members (excludes halogenated alkanes) is 1. The third kappa shape index (κ3) is 6.74. The largest absolute Gasteiger partial charge is 0.493 e. The molecule has 2 aromatic rings. The molecule has 2 aliphatic rings. The SMILES string of the molecule is CCCCC1(C2CCC(COc3cc(F)c(C(=O)Oc4cc(F)c(C#N)c(F)c4)c(F)c3)CC2)CCCCC1. The van der Waals surface area contributed by atoms with E-state index in [1.54, 1.807) is 0 Å². The van der Waals surface area contributed by atoms with Crippen LogP contribution in [0.3, 0.4) is 0 Å². The van der Waals surface area contributed by atoms with E-state index < -0.39 is 46.1 Å². The molecule has 0 aliphatic heterocycles. The molecule has 0 aromatic heterocycles. The summed E-state index contributed by atoms with van der Waals surface area (Å²) in [5, 5.41) is 8.73. The molecular formula is C31H35F4NO3. The minimum atomic E-state index is -1.46. The van der Waals surface area contributed by atoms with Gasteiger partial charge in [-0.1, -0.05) is 39.0 Å². The van der Waals surface area contributed by atoms with Crippen molar-refractivity contribution in [1.29, 1.82) is 5.26 Å². The van der Waals surface area contributed by atoms with E-state index in [0.717, 1.165) is 43.7 Å². The van der Waals surface area contributed by atoms with Crippen LogP contribution in [-0.4, -0.2) is 12.6 Å². The second kappa shape index (κ2) is 12.8. The molecule has 0 N–H and O–H groups in total. The standard InChI is InChI=1S/C31H35F4NO3/c1-2-3-11-31(12-5-4-6-13-31)21-9-7-20(8-10-21)19-38-22-14-27(34)29(28(35)15-22)30(37)39-23-16-25(32)24(18-36)26(33)17-23/h14-17,20-21H,2-13,19H2,1H3. The summed E-state index contributed by atoms with van der Waals surface area (Å²) in [5.74, 6) is -6.00. The van der Waals surface area contributed by atoms with Gasteiger partial charge in [-0.25, -0.2) is 22.4 Å². The Kier molecular flexibility index (Phi) is 9.53. The summed E-state index contributed by atoms with van der Waals surface area (Å²) in [4.78, 5) is 12.3. The van der Waals surface area contributed by atoms with Crippen LogP contribution < -0.4 is 9.47 Å². The van der Waals surface area contributed by atoms with Crippen molar-refractivity contribution in [3.8, 4) is 17.6 Å². The van der Waals surface area contributed by atoms with Crippen LogP contribution in [0, 0.1) is 51.9 Å². The Morgan fingerprint density at radius 3 is 2.08 bits per heavy atom. The molecule has 2 saturated carbocycles. The third-order valence-corrected chi connectivity index (χ3v) is 8.63. The average molecular weight is 546 g/mol. The Morgan fingerprint density at radius 2 is 1.51 bits per heavy atom. The molecule has 0 amide bonds. The van der Waals surface area contributed by atoms with E-state index in [0.29, 0.717) is 30.1 Å². The first-order valence-electron chi connectivity index (χ1n) is 14.0. The molecule has 4 rings (SSSR count). The Morgan fingerprint density at radius 1 is 0.923 bits per heavy atom. The molecule has 8 heteroatoms. The first-order valence-corrected chi connectivity index (χ1v) is 14.0. The zero-order valence-electron chi connectivity index (χ0n) is 22.3. The normalized spacial score (nSPS) is 20.7. The highest BCUT2D eigenvalue weighted by Crippen LogP contribution is 2.52. The molecule has 4 nitrogen and oxygen atoms in total. The number of nitrogens with zero attached hydrogens (tertiary/aromatic N) is 1. The molecule has 0 unspecified atom stereocenters. The molecule has 0 spiro atoms. The number of carbonyl (C=O) groups is 1. The highest BCUT2D eigenvalue weighted by Gasteiger charge is 2.40. The molecule has 2 aliphatic carbocycles. The van der Waals surface area contributed by atoms with Crippen molar-refractivity contribution in [3.05, 3.63) is 58.7 Å². The predicted octanol–water partition coefficient (Wildman–Crippen LogP) is 8.66. The fourth-order valence-corrected chi connectivity index (χ4v) is 6.50. The minimum Gasteiger partial charge on any atom is -0.493 e. The van der Waals surface area contributed by atoms with E-state index in [-0.39, 0.29) is 5.75 Å². The summed E-state index contributed by atoms with van der Waals surface area (Å²) < 4.78 is 67.4. The topological polar surface area (TPSA) is 59.3 Å². The van der Waals surface area contributed by atoms with Crippen molar-refractivity contribution >= 4 is 5.97 Å². The molecular weight excluding hydrogens is 510 g/mol. The van der Waals surface area contributed by atoms with Gasteiger partial charge < -0.3 is 9.47 Å². The molecule has 0 radical (unpaired) electrons. The number of nitriles is 1. The van der Waals surface area contributed by atoms with Gasteiger partial charge in [0.15, 0.2) is 0 Å².